The highest BCUT2D eigenvalue weighted by molar-refractivity contribution is 6.31. The highest BCUT2D eigenvalue weighted by Crippen LogP contribution is 2.46. The first-order valence-corrected chi connectivity index (χ1v) is 7.58. The lowest BCUT2D eigenvalue weighted by molar-refractivity contribution is 0.649. The van der Waals surface area contributed by atoms with Gasteiger partial charge in [0.25, 0.3) is 0 Å². The molecule has 0 amide bonds. The number of anilines is 2. The Bertz CT molecular complexity index is 643. The first-order valence-electron chi connectivity index (χ1n) is 7.21. The number of benzene rings is 2. The molecule has 1 unspecified atom stereocenters. The molecule has 2 aliphatic rings. The second-order valence-corrected chi connectivity index (χ2v) is 6.00. The van der Waals surface area contributed by atoms with E-state index in [0.29, 0.717) is 6.04 Å². The summed E-state index contributed by atoms with van der Waals surface area (Å²) in [7, 11) is 0. The Balaban J connectivity index is 0.00000132. The predicted molar refractivity (Wildman–Crippen MR) is 92.0 cm³/mol. The summed E-state index contributed by atoms with van der Waals surface area (Å²) in [6, 6.07) is 15.4. The molecule has 0 saturated carbocycles. The molecular formula is C17H18Cl2N2. The molecule has 0 bridgehead atoms. The maximum absolute atomic E-state index is 6.27. The summed E-state index contributed by atoms with van der Waals surface area (Å²) in [5.41, 5.74) is 5.33. The Kier molecular flexibility index (Phi) is 4.01. The number of nitrogens with one attached hydrogen (secondary N) is 1. The van der Waals surface area contributed by atoms with Crippen LogP contribution in [0.4, 0.5) is 11.4 Å². The van der Waals surface area contributed by atoms with Crippen molar-refractivity contribution in [3.05, 3.63) is 58.6 Å². The van der Waals surface area contributed by atoms with E-state index in [-0.39, 0.29) is 12.4 Å². The number of rotatable bonds is 1. The van der Waals surface area contributed by atoms with Crippen molar-refractivity contribution in [1.82, 2.24) is 0 Å². The molecule has 2 heterocycles. The van der Waals surface area contributed by atoms with Crippen LogP contribution in [0.25, 0.3) is 0 Å². The number of hydrogen-bond acceptors (Lipinski definition) is 2. The molecule has 4 heteroatoms. The van der Waals surface area contributed by atoms with E-state index in [1.165, 1.54) is 22.5 Å². The van der Waals surface area contributed by atoms with Crippen LogP contribution in [-0.4, -0.2) is 13.1 Å². The zero-order valence-corrected chi connectivity index (χ0v) is 13.3. The molecule has 1 N–H and O–H groups in total. The van der Waals surface area contributed by atoms with Gasteiger partial charge in [0.1, 0.15) is 0 Å². The zero-order chi connectivity index (χ0) is 13.5. The van der Waals surface area contributed by atoms with Gasteiger partial charge in [-0.05, 0) is 36.1 Å². The Hall–Kier alpha value is -1.38. The van der Waals surface area contributed by atoms with E-state index in [1.807, 2.05) is 0 Å². The molecule has 1 atom stereocenters. The molecule has 21 heavy (non-hydrogen) atoms. The molecule has 0 spiro atoms. The Labute approximate surface area is 136 Å². The van der Waals surface area contributed by atoms with Crippen molar-refractivity contribution in [2.75, 3.05) is 23.3 Å². The van der Waals surface area contributed by atoms with Crippen molar-refractivity contribution >= 4 is 35.4 Å². The van der Waals surface area contributed by atoms with Gasteiger partial charge >= 0.3 is 0 Å². The number of nitrogens with zero attached hydrogens (tertiary/aromatic N) is 1. The van der Waals surface area contributed by atoms with E-state index in [9.17, 15) is 0 Å². The van der Waals surface area contributed by atoms with Gasteiger partial charge in [0, 0.05) is 18.1 Å². The summed E-state index contributed by atoms with van der Waals surface area (Å²) >= 11 is 6.27. The van der Waals surface area contributed by atoms with Gasteiger partial charge in [-0.15, -0.1) is 12.4 Å². The highest BCUT2D eigenvalue weighted by atomic mass is 35.5. The van der Waals surface area contributed by atoms with E-state index >= 15 is 0 Å². The van der Waals surface area contributed by atoms with Crippen molar-refractivity contribution < 1.29 is 0 Å². The SMILES string of the molecule is Cl.Clc1cc2c3c(c1)NCCCN3C(c1ccccc1)C2. The predicted octanol–water partition coefficient (Wildman–Crippen LogP) is 4.68. The van der Waals surface area contributed by atoms with Gasteiger partial charge in [-0.3, -0.25) is 0 Å². The number of halogens is 2. The van der Waals surface area contributed by atoms with Crippen molar-refractivity contribution in [2.24, 2.45) is 0 Å². The van der Waals surface area contributed by atoms with Crippen LogP contribution >= 0.6 is 24.0 Å². The van der Waals surface area contributed by atoms with E-state index in [0.717, 1.165) is 31.0 Å². The summed E-state index contributed by atoms with van der Waals surface area (Å²) in [5.74, 6) is 0. The molecule has 2 aromatic rings. The first kappa shape index (κ1) is 14.6. The second kappa shape index (κ2) is 5.78. The minimum Gasteiger partial charge on any atom is -0.383 e. The highest BCUT2D eigenvalue weighted by Gasteiger charge is 2.33. The van der Waals surface area contributed by atoms with Crippen LogP contribution in [0.1, 0.15) is 23.6 Å². The molecule has 0 radical (unpaired) electrons. The Morgan fingerprint density at radius 1 is 1.14 bits per heavy atom. The van der Waals surface area contributed by atoms with Crippen LogP contribution in [0.5, 0.6) is 0 Å². The summed E-state index contributed by atoms with van der Waals surface area (Å²) in [4.78, 5) is 2.55. The molecule has 0 aliphatic carbocycles. The zero-order valence-electron chi connectivity index (χ0n) is 11.7. The van der Waals surface area contributed by atoms with E-state index in [4.69, 9.17) is 11.6 Å². The molecule has 0 saturated heterocycles. The molecule has 2 nitrogen and oxygen atoms in total. The molecule has 2 aromatic carbocycles. The summed E-state index contributed by atoms with van der Waals surface area (Å²) in [6.45, 7) is 2.12. The summed E-state index contributed by atoms with van der Waals surface area (Å²) in [6.07, 6.45) is 2.21. The fourth-order valence-corrected chi connectivity index (χ4v) is 3.71. The fraction of sp³-hybridized carbons (Fsp3) is 0.294. The molecule has 0 aromatic heterocycles. The first-order chi connectivity index (χ1) is 9.83. The van der Waals surface area contributed by atoms with Gasteiger partial charge in [0.05, 0.1) is 17.4 Å². The van der Waals surface area contributed by atoms with Crippen molar-refractivity contribution in [1.29, 1.82) is 0 Å². The minimum absolute atomic E-state index is 0. The van der Waals surface area contributed by atoms with Crippen molar-refractivity contribution in [3.8, 4) is 0 Å². The fourth-order valence-electron chi connectivity index (χ4n) is 3.47. The lowest BCUT2D eigenvalue weighted by Gasteiger charge is -2.27. The van der Waals surface area contributed by atoms with Crippen LogP contribution in [0, 0.1) is 0 Å². The Morgan fingerprint density at radius 2 is 1.95 bits per heavy atom. The van der Waals surface area contributed by atoms with Crippen LogP contribution in [0.3, 0.4) is 0 Å². The summed E-state index contributed by atoms with van der Waals surface area (Å²) < 4.78 is 0. The maximum Gasteiger partial charge on any atom is 0.0641 e. The monoisotopic (exact) mass is 320 g/mol. The van der Waals surface area contributed by atoms with Gasteiger partial charge in [0.2, 0.25) is 0 Å². The van der Waals surface area contributed by atoms with Crippen LogP contribution < -0.4 is 10.2 Å². The third kappa shape index (κ3) is 2.47. The van der Waals surface area contributed by atoms with E-state index in [1.54, 1.807) is 0 Å². The normalized spacial score (nSPS) is 19.3. The Morgan fingerprint density at radius 3 is 2.76 bits per heavy atom. The molecule has 2 aliphatic heterocycles. The van der Waals surface area contributed by atoms with Crippen LogP contribution in [0.2, 0.25) is 5.02 Å². The van der Waals surface area contributed by atoms with Gasteiger partial charge in [-0.25, -0.2) is 0 Å². The molecular weight excluding hydrogens is 303 g/mol. The van der Waals surface area contributed by atoms with Crippen molar-refractivity contribution in [2.45, 2.75) is 18.9 Å². The average Bonchev–Trinajstić information content (AvgIpc) is 2.68. The largest absolute Gasteiger partial charge is 0.383 e. The molecule has 110 valence electrons. The van der Waals surface area contributed by atoms with Crippen LogP contribution in [0.15, 0.2) is 42.5 Å². The number of hydrogen-bond donors (Lipinski definition) is 1. The quantitative estimate of drug-likeness (QED) is 0.820. The summed E-state index contributed by atoms with van der Waals surface area (Å²) in [5, 5.41) is 4.36. The smallest absolute Gasteiger partial charge is 0.0641 e. The average molecular weight is 321 g/mol. The standard InChI is InChI=1S/C17H17ClN2.ClH/c18-14-9-13-10-16(12-5-2-1-3-6-12)20-8-4-7-19-15(11-14)17(13)20;/h1-3,5-6,9,11,16,19H,4,7-8,10H2;1H. The third-order valence-electron chi connectivity index (χ3n) is 4.31. The van der Waals surface area contributed by atoms with Crippen molar-refractivity contribution in [3.63, 3.8) is 0 Å². The third-order valence-corrected chi connectivity index (χ3v) is 4.52. The lowest BCUT2D eigenvalue weighted by Crippen LogP contribution is -2.25. The lowest BCUT2D eigenvalue weighted by atomic mass is 10.0. The van der Waals surface area contributed by atoms with Gasteiger partial charge in [0.15, 0.2) is 0 Å². The minimum atomic E-state index is 0. The van der Waals surface area contributed by atoms with Gasteiger partial charge in [-0.2, -0.15) is 0 Å². The molecule has 4 rings (SSSR count). The van der Waals surface area contributed by atoms with Crippen LogP contribution in [-0.2, 0) is 6.42 Å². The molecule has 0 fully saturated rings. The topological polar surface area (TPSA) is 15.3 Å². The maximum atomic E-state index is 6.27. The van der Waals surface area contributed by atoms with Gasteiger partial charge < -0.3 is 10.2 Å². The van der Waals surface area contributed by atoms with Gasteiger partial charge in [-0.1, -0.05) is 41.9 Å². The van der Waals surface area contributed by atoms with E-state index in [2.05, 4.69) is 52.7 Å². The van der Waals surface area contributed by atoms with E-state index < -0.39 is 0 Å². The second-order valence-electron chi connectivity index (χ2n) is 5.57.